The summed E-state index contributed by atoms with van der Waals surface area (Å²) < 4.78 is 14.9. The van der Waals surface area contributed by atoms with Crippen molar-refractivity contribution in [1.29, 1.82) is 0 Å². The molecule has 2 aromatic heterocycles. The fourth-order valence-corrected chi connectivity index (χ4v) is 6.84. The van der Waals surface area contributed by atoms with Crippen LogP contribution in [-0.4, -0.2) is 23.3 Å². The third-order valence-corrected chi connectivity index (χ3v) is 8.79. The van der Waals surface area contributed by atoms with Crippen LogP contribution in [0.25, 0.3) is 5.00 Å². The summed E-state index contributed by atoms with van der Waals surface area (Å²) in [6.07, 6.45) is 5.84. The van der Waals surface area contributed by atoms with Crippen LogP contribution < -0.4 is 14.9 Å². The van der Waals surface area contributed by atoms with Crippen LogP contribution in [0.4, 0.5) is 0 Å². The van der Waals surface area contributed by atoms with Crippen LogP contribution in [0.15, 0.2) is 64.2 Å². The Bertz CT molecular complexity index is 1490. The molecule has 1 aliphatic rings. The van der Waals surface area contributed by atoms with Gasteiger partial charge in [0.1, 0.15) is 11.6 Å². The molecule has 1 amide bonds. The number of amides is 1. The fourth-order valence-electron chi connectivity index (χ4n) is 4.91. The van der Waals surface area contributed by atoms with E-state index in [-0.39, 0.29) is 5.91 Å². The maximum absolute atomic E-state index is 13.5. The molecule has 4 aromatic rings. The Morgan fingerprint density at radius 3 is 2.51 bits per heavy atom. The lowest BCUT2D eigenvalue weighted by atomic mass is 9.95. The molecular weight excluding hydrogens is 574 g/mol. The lowest BCUT2D eigenvalue weighted by molar-refractivity contribution is 0.0954. The van der Waals surface area contributed by atoms with E-state index in [1.807, 2.05) is 49.4 Å². The summed E-state index contributed by atoms with van der Waals surface area (Å²) in [5, 5.41) is 5.32. The molecule has 0 radical (unpaired) electrons. The molecule has 5 rings (SSSR count). The number of hydrazone groups is 1. The molecule has 0 aliphatic heterocycles. The van der Waals surface area contributed by atoms with E-state index in [9.17, 15) is 4.79 Å². The second-order valence-corrected chi connectivity index (χ2v) is 11.5. The number of fused-ring (bicyclic) bond motifs is 1. The largest absolute Gasteiger partial charge is 0.490 e. The molecule has 39 heavy (non-hydrogen) atoms. The summed E-state index contributed by atoms with van der Waals surface area (Å²) in [6, 6.07) is 17.9. The summed E-state index contributed by atoms with van der Waals surface area (Å²) in [6.45, 7) is 7.02. The van der Waals surface area contributed by atoms with Crippen molar-refractivity contribution >= 4 is 39.4 Å². The molecule has 0 unspecified atom stereocenters. The Labute approximate surface area is 241 Å². The minimum absolute atomic E-state index is 0.183. The monoisotopic (exact) mass is 605 g/mol. The molecule has 1 N–H and O–H groups in total. The normalized spacial score (nSPS) is 12.9. The average molecular weight is 607 g/mol. The van der Waals surface area contributed by atoms with Gasteiger partial charge in [-0.1, -0.05) is 30.3 Å². The van der Waals surface area contributed by atoms with E-state index in [4.69, 9.17) is 9.47 Å². The van der Waals surface area contributed by atoms with E-state index in [2.05, 4.69) is 57.0 Å². The highest BCUT2D eigenvalue weighted by molar-refractivity contribution is 9.10. The number of aryl methyl sites for hydroxylation is 3. The number of ether oxygens (including phenoxy) is 2. The molecule has 0 fully saturated rings. The lowest BCUT2D eigenvalue weighted by Crippen LogP contribution is -2.21. The van der Waals surface area contributed by atoms with Gasteiger partial charge >= 0.3 is 0 Å². The van der Waals surface area contributed by atoms with E-state index in [1.54, 1.807) is 17.6 Å². The van der Waals surface area contributed by atoms with Gasteiger partial charge in [-0.3, -0.25) is 4.79 Å². The Balaban J connectivity index is 1.37. The zero-order valence-corrected chi connectivity index (χ0v) is 24.8. The van der Waals surface area contributed by atoms with Gasteiger partial charge in [-0.25, -0.2) is 5.43 Å². The molecule has 8 heteroatoms. The van der Waals surface area contributed by atoms with Crippen LogP contribution in [0, 0.1) is 13.8 Å². The van der Waals surface area contributed by atoms with Crippen molar-refractivity contribution in [3.05, 3.63) is 97.6 Å². The standard InChI is InChI=1S/C31H32BrN3O3S/c1-4-37-26-16-23(25(32)17-27(26)38-19-22-10-6-5-7-11-22)18-33-34-30(36)29-24-12-8-9-13-28(24)39-31(29)35-20(2)14-15-21(35)3/h5-7,10-11,14-18H,4,8-9,12-13,19H2,1-3H3,(H,34,36)/b33-18-. The van der Waals surface area contributed by atoms with E-state index in [1.165, 1.54) is 10.4 Å². The first-order chi connectivity index (χ1) is 19.0. The Hall–Kier alpha value is -3.36. The van der Waals surface area contributed by atoms with Crippen molar-refractivity contribution in [2.45, 2.75) is 53.1 Å². The van der Waals surface area contributed by atoms with Gasteiger partial charge in [0.15, 0.2) is 11.5 Å². The number of nitrogens with zero attached hydrogens (tertiary/aromatic N) is 2. The number of benzene rings is 2. The van der Waals surface area contributed by atoms with E-state index < -0.39 is 0 Å². The smallest absolute Gasteiger partial charge is 0.274 e. The summed E-state index contributed by atoms with van der Waals surface area (Å²) >= 11 is 5.36. The number of thiophene rings is 1. The number of rotatable bonds is 9. The number of halogens is 1. The second kappa shape index (κ2) is 12.2. The fraction of sp³-hybridized carbons (Fsp3) is 0.290. The van der Waals surface area contributed by atoms with Crippen molar-refractivity contribution in [2.75, 3.05) is 6.61 Å². The molecule has 2 aromatic carbocycles. The third-order valence-electron chi connectivity index (χ3n) is 6.82. The molecule has 0 atom stereocenters. The van der Waals surface area contributed by atoms with Crippen LogP contribution in [0.3, 0.4) is 0 Å². The maximum atomic E-state index is 13.5. The summed E-state index contributed by atoms with van der Waals surface area (Å²) in [7, 11) is 0. The molecule has 6 nitrogen and oxygen atoms in total. The predicted molar refractivity (Wildman–Crippen MR) is 161 cm³/mol. The highest BCUT2D eigenvalue weighted by Crippen LogP contribution is 2.38. The summed E-state index contributed by atoms with van der Waals surface area (Å²) in [5.74, 6) is 1.08. The van der Waals surface area contributed by atoms with Gasteiger partial charge in [0.05, 0.1) is 18.4 Å². The number of hydrogen-bond donors (Lipinski definition) is 1. The molecule has 0 saturated carbocycles. The third kappa shape index (κ3) is 5.97. The number of hydrogen-bond acceptors (Lipinski definition) is 5. The highest BCUT2D eigenvalue weighted by Gasteiger charge is 2.27. The first kappa shape index (κ1) is 27.2. The van der Waals surface area contributed by atoms with Crippen LogP contribution >= 0.6 is 27.3 Å². The number of aromatic nitrogens is 1. The Morgan fingerprint density at radius 2 is 1.77 bits per heavy atom. The summed E-state index contributed by atoms with van der Waals surface area (Å²) in [5.41, 5.74) is 8.79. The van der Waals surface area contributed by atoms with Crippen LogP contribution in [-0.2, 0) is 19.4 Å². The zero-order valence-electron chi connectivity index (χ0n) is 22.4. The average Bonchev–Trinajstić information content (AvgIpc) is 3.48. The van der Waals surface area contributed by atoms with Crippen molar-refractivity contribution in [3.63, 3.8) is 0 Å². The molecular formula is C31H32BrN3O3S. The SMILES string of the molecule is CCOc1cc(/C=N\NC(=O)c2c(-n3c(C)ccc3C)sc3c2CCCC3)c(Br)cc1OCc1ccccc1. The number of carbonyl (C=O) groups is 1. The maximum Gasteiger partial charge on any atom is 0.274 e. The Morgan fingerprint density at radius 1 is 1.05 bits per heavy atom. The lowest BCUT2D eigenvalue weighted by Gasteiger charge is -2.14. The molecule has 0 spiro atoms. The summed E-state index contributed by atoms with van der Waals surface area (Å²) in [4.78, 5) is 14.9. The van der Waals surface area contributed by atoms with Gasteiger partial charge in [0.25, 0.3) is 5.91 Å². The molecule has 1 aliphatic carbocycles. The Kier molecular flexibility index (Phi) is 8.53. The van der Waals surface area contributed by atoms with Crippen LogP contribution in [0.5, 0.6) is 11.5 Å². The minimum Gasteiger partial charge on any atom is -0.490 e. The second-order valence-electron chi connectivity index (χ2n) is 9.57. The molecule has 0 saturated heterocycles. The van der Waals surface area contributed by atoms with Gasteiger partial charge in [-0.2, -0.15) is 5.10 Å². The minimum atomic E-state index is -0.183. The van der Waals surface area contributed by atoms with Crippen molar-refractivity contribution in [3.8, 4) is 16.5 Å². The van der Waals surface area contributed by atoms with Crippen molar-refractivity contribution in [1.82, 2.24) is 9.99 Å². The quantitative estimate of drug-likeness (QED) is 0.158. The van der Waals surface area contributed by atoms with Crippen molar-refractivity contribution in [2.24, 2.45) is 5.10 Å². The molecule has 0 bridgehead atoms. The van der Waals surface area contributed by atoms with E-state index in [0.29, 0.717) is 24.7 Å². The first-order valence-electron chi connectivity index (χ1n) is 13.2. The van der Waals surface area contributed by atoms with E-state index >= 15 is 0 Å². The molecule has 202 valence electrons. The molecule has 2 heterocycles. The van der Waals surface area contributed by atoms with Gasteiger partial charge in [-0.15, -0.1) is 11.3 Å². The van der Waals surface area contributed by atoms with Gasteiger partial charge in [0, 0.05) is 26.3 Å². The van der Waals surface area contributed by atoms with Gasteiger partial charge in [0.2, 0.25) is 0 Å². The van der Waals surface area contributed by atoms with Crippen LogP contribution in [0.2, 0.25) is 0 Å². The predicted octanol–water partition coefficient (Wildman–Crippen LogP) is 7.54. The van der Waals surface area contributed by atoms with Crippen LogP contribution in [0.1, 0.15) is 63.1 Å². The first-order valence-corrected chi connectivity index (χ1v) is 14.8. The number of carbonyl (C=O) groups excluding carboxylic acids is 1. The topological polar surface area (TPSA) is 64.8 Å². The zero-order chi connectivity index (χ0) is 27.4. The number of nitrogens with one attached hydrogen (secondary N) is 1. The van der Waals surface area contributed by atoms with Gasteiger partial charge in [-0.05, 0) is 97.8 Å². The van der Waals surface area contributed by atoms with Gasteiger partial charge < -0.3 is 14.0 Å². The van der Waals surface area contributed by atoms with E-state index in [0.717, 1.165) is 63.2 Å². The van der Waals surface area contributed by atoms with Crippen molar-refractivity contribution < 1.29 is 14.3 Å². The highest BCUT2D eigenvalue weighted by atomic mass is 79.9.